The minimum absolute atomic E-state index is 0.118. The summed E-state index contributed by atoms with van der Waals surface area (Å²) in [5.74, 6) is 0.377. The fraction of sp³-hybridized carbons (Fsp3) is 0.152. The molecule has 0 aliphatic carbocycles. The van der Waals surface area contributed by atoms with Crippen LogP contribution in [0.2, 0.25) is 0 Å². The molecule has 5 aromatic rings. The summed E-state index contributed by atoms with van der Waals surface area (Å²) < 4.78 is 39.5. The van der Waals surface area contributed by atoms with Crippen LogP contribution in [0.1, 0.15) is 29.3 Å². The quantitative estimate of drug-likeness (QED) is 0.198. The number of nitrogens with zero attached hydrogens (tertiary/aromatic N) is 1. The number of rotatable bonds is 11. The Kier molecular flexibility index (Phi) is 9.38. The molecule has 42 heavy (non-hydrogen) atoms. The molecule has 1 heterocycles. The van der Waals surface area contributed by atoms with Crippen LogP contribution in [-0.2, 0) is 9.67 Å². The third kappa shape index (κ3) is 6.57. The molecule has 0 N–H and O–H groups in total. The van der Waals surface area contributed by atoms with Crippen LogP contribution in [0.4, 0.5) is 4.39 Å². The number of halogens is 2. The Morgan fingerprint density at radius 2 is 1.60 bits per heavy atom. The summed E-state index contributed by atoms with van der Waals surface area (Å²) in [6.45, 7) is 2.74. The first-order valence-electron chi connectivity index (χ1n) is 13.3. The van der Waals surface area contributed by atoms with E-state index in [0.717, 1.165) is 12.0 Å². The normalized spacial score (nSPS) is 10.9. The molecule has 0 saturated heterocycles. The average Bonchev–Trinajstić information content (AvgIpc) is 3.03. The zero-order valence-corrected chi connectivity index (χ0v) is 25.2. The van der Waals surface area contributed by atoms with Crippen molar-refractivity contribution >= 4 is 16.9 Å². The first kappa shape index (κ1) is 29.1. The molecule has 0 amide bonds. The van der Waals surface area contributed by atoms with E-state index in [1.807, 2.05) is 37.3 Å². The molecule has 0 aliphatic heterocycles. The Morgan fingerprint density at radius 1 is 0.881 bits per heavy atom. The molecule has 5 rings (SSSR count). The first-order valence-corrected chi connectivity index (χ1v) is 15.1. The van der Waals surface area contributed by atoms with Crippen LogP contribution in [0.25, 0.3) is 22.0 Å². The number of methoxy groups -OCH3 is 1. The summed E-state index contributed by atoms with van der Waals surface area (Å²) in [6.07, 6.45) is 2.33. The van der Waals surface area contributed by atoms with Gasteiger partial charge in [-0.2, -0.15) is 0 Å². The fourth-order valence-electron chi connectivity index (χ4n) is 4.25. The van der Waals surface area contributed by atoms with E-state index in [2.05, 4.69) is 0 Å². The van der Waals surface area contributed by atoms with E-state index in [9.17, 15) is 9.59 Å². The van der Waals surface area contributed by atoms with Crippen molar-refractivity contribution in [3.8, 4) is 28.4 Å². The number of ether oxygens (including phenoxy) is 3. The van der Waals surface area contributed by atoms with Gasteiger partial charge in [-0.1, -0.05) is 0 Å². The van der Waals surface area contributed by atoms with Gasteiger partial charge in [-0.05, 0) is 0 Å². The van der Waals surface area contributed by atoms with E-state index in [1.54, 1.807) is 64.6 Å². The Bertz CT molecular complexity index is 1740. The third-order valence-electron chi connectivity index (χ3n) is 6.40. The SMILES string of the molecule is CCCOc1ccc(F)c2c(=O)c(-c3ccc(OC)cc3)cn([I-]OC(=O)c3ccc(OCc4ccccc4)cc3)c12. The fourth-order valence-corrected chi connectivity index (χ4v) is 5.96. The molecule has 9 heteroatoms. The molecule has 1 aromatic heterocycles. The van der Waals surface area contributed by atoms with E-state index in [-0.39, 0.29) is 16.5 Å². The standard InChI is InChI=1S/C33H28FINO6/c1-3-19-40-29-18-17-28(34)30-31(29)36(20-27(32(30)37)23-9-13-25(39-2)14-10-23)35-42-33(38)24-11-15-26(16-12-24)41-21-22-7-5-4-6-8-22/h4-18,20H,3,19,21H2,1-2H3/q-1. The van der Waals surface area contributed by atoms with Gasteiger partial charge in [0.1, 0.15) is 0 Å². The van der Waals surface area contributed by atoms with Crippen molar-refractivity contribution in [3.63, 3.8) is 0 Å². The van der Waals surface area contributed by atoms with Gasteiger partial charge in [0.25, 0.3) is 0 Å². The van der Waals surface area contributed by atoms with Gasteiger partial charge < -0.3 is 0 Å². The topological polar surface area (TPSA) is 76.0 Å². The van der Waals surface area contributed by atoms with Crippen LogP contribution >= 0.6 is 0 Å². The molecule has 0 aliphatic rings. The van der Waals surface area contributed by atoms with Crippen molar-refractivity contribution in [2.45, 2.75) is 20.0 Å². The molecular weight excluding hydrogens is 652 g/mol. The Morgan fingerprint density at radius 3 is 2.29 bits per heavy atom. The number of pyridine rings is 1. The summed E-state index contributed by atoms with van der Waals surface area (Å²) in [5.41, 5.74) is 2.01. The predicted molar refractivity (Wildman–Crippen MR) is 154 cm³/mol. The monoisotopic (exact) mass is 680 g/mol. The predicted octanol–water partition coefficient (Wildman–Crippen LogP) is 3.81. The van der Waals surface area contributed by atoms with Crippen molar-refractivity contribution in [3.05, 3.63) is 124 Å². The summed E-state index contributed by atoms with van der Waals surface area (Å²) in [7, 11) is 1.55. The second-order valence-electron chi connectivity index (χ2n) is 9.26. The Hall–Kier alpha value is -4.38. The maximum atomic E-state index is 15.2. The van der Waals surface area contributed by atoms with E-state index in [1.165, 1.54) is 12.1 Å². The number of aromatic nitrogens is 1. The van der Waals surface area contributed by atoms with E-state index < -0.39 is 39.1 Å². The van der Waals surface area contributed by atoms with Crippen LogP contribution in [0.15, 0.2) is 102 Å². The van der Waals surface area contributed by atoms with Gasteiger partial charge in [0.05, 0.1) is 0 Å². The average molecular weight is 680 g/mol. The number of hydrogen-bond donors (Lipinski definition) is 0. The minimum atomic E-state index is -1.54. The Balaban J connectivity index is 1.43. The molecule has 0 fully saturated rings. The van der Waals surface area contributed by atoms with Gasteiger partial charge in [-0.3, -0.25) is 0 Å². The van der Waals surface area contributed by atoms with Crippen molar-refractivity contribution in [2.24, 2.45) is 0 Å². The molecule has 0 unspecified atom stereocenters. The van der Waals surface area contributed by atoms with Crippen LogP contribution in [0.5, 0.6) is 17.2 Å². The summed E-state index contributed by atoms with van der Waals surface area (Å²) in [4.78, 5) is 26.6. The molecule has 7 nitrogen and oxygen atoms in total. The van der Waals surface area contributed by atoms with Crippen molar-refractivity contribution in [1.82, 2.24) is 2.78 Å². The number of fused-ring (bicyclic) bond motifs is 1. The van der Waals surface area contributed by atoms with Gasteiger partial charge in [-0.15, -0.1) is 0 Å². The molecular formula is C33H28FINO6-. The van der Waals surface area contributed by atoms with Crippen LogP contribution in [-0.4, -0.2) is 22.5 Å². The number of benzene rings is 4. The summed E-state index contributed by atoms with van der Waals surface area (Å²) >= 11 is -1.54. The van der Waals surface area contributed by atoms with Gasteiger partial charge in [0.15, 0.2) is 0 Å². The molecule has 0 atom stereocenters. The first-order chi connectivity index (χ1) is 20.5. The summed E-state index contributed by atoms with van der Waals surface area (Å²) in [6, 6.07) is 26.1. The van der Waals surface area contributed by atoms with E-state index in [0.29, 0.717) is 41.6 Å². The molecule has 0 bridgehead atoms. The maximum absolute atomic E-state index is 15.2. The van der Waals surface area contributed by atoms with E-state index in [4.69, 9.17) is 17.3 Å². The van der Waals surface area contributed by atoms with Gasteiger partial charge in [-0.25, -0.2) is 0 Å². The van der Waals surface area contributed by atoms with Gasteiger partial charge in [0, 0.05) is 0 Å². The zero-order valence-electron chi connectivity index (χ0n) is 23.0. The second kappa shape index (κ2) is 13.5. The van der Waals surface area contributed by atoms with Crippen molar-refractivity contribution in [1.29, 1.82) is 0 Å². The van der Waals surface area contributed by atoms with Gasteiger partial charge in [0.2, 0.25) is 0 Å². The molecule has 0 radical (unpaired) electrons. The molecule has 216 valence electrons. The van der Waals surface area contributed by atoms with Gasteiger partial charge >= 0.3 is 254 Å². The second-order valence-corrected chi connectivity index (χ2v) is 11.1. The summed E-state index contributed by atoms with van der Waals surface area (Å²) in [5, 5.41) is -0.118. The van der Waals surface area contributed by atoms with Crippen LogP contribution in [0.3, 0.4) is 0 Å². The number of carbonyl (C=O) groups excluding carboxylic acids is 1. The number of hydrogen-bond acceptors (Lipinski definition) is 6. The number of carbonyl (C=O) groups is 1. The molecule has 4 aromatic carbocycles. The zero-order chi connectivity index (χ0) is 29.5. The third-order valence-corrected chi connectivity index (χ3v) is 8.18. The van der Waals surface area contributed by atoms with Crippen molar-refractivity contribution in [2.75, 3.05) is 13.7 Å². The molecule has 0 saturated carbocycles. The van der Waals surface area contributed by atoms with Crippen LogP contribution < -0.4 is 41.5 Å². The molecule has 0 spiro atoms. The Labute approximate surface area is 253 Å². The van der Waals surface area contributed by atoms with E-state index >= 15 is 4.39 Å². The van der Waals surface area contributed by atoms with Crippen LogP contribution in [0, 0.1) is 5.82 Å². The van der Waals surface area contributed by atoms with Crippen molar-refractivity contribution < 1.29 is 48.4 Å².